The summed E-state index contributed by atoms with van der Waals surface area (Å²) in [4.78, 5) is 12.1. The molecule has 0 fully saturated rings. The van der Waals surface area contributed by atoms with Gasteiger partial charge in [-0.2, -0.15) is 0 Å². The zero-order chi connectivity index (χ0) is 13.0. The van der Waals surface area contributed by atoms with Crippen LogP contribution in [0.3, 0.4) is 0 Å². The molecule has 0 aliphatic heterocycles. The molecule has 18 heavy (non-hydrogen) atoms. The van der Waals surface area contributed by atoms with Crippen molar-refractivity contribution in [1.29, 1.82) is 0 Å². The zero-order valence-corrected chi connectivity index (χ0v) is 12.0. The van der Waals surface area contributed by atoms with Gasteiger partial charge in [-0.3, -0.25) is 4.79 Å². The van der Waals surface area contributed by atoms with Gasteiger partial charge in [0.1, 0.15) is 5.75 Å². The molecule has 2 aromatic carbocycles. The van der Waals surface area contributed by atoms with E-state index in [2.05, 4.69) is 27.9 Å². The van der Waals surface area contributed by atoms with Gasteiger partial charge >= 0.3 is 0 Å². The number of hydrogen-bond acceptors (Lipinski definition) is 2. The highest BCUT2D eigenvalue weighted by atomic mass is 127. The van der Waals surface area contributed by atoms with E-state index >= 15 is 0 Å². The smallest absolute Gasteiger partial charge is 0.259 e. The number of anilines is 1. The predicted octanol–water partition coefficient (Wildman–Crippen LogP) is 3.55. The van der Waals surface area contributed by atoms with Gasteiger partial charge in [0.25, 0.3) is 5.91 Å². The van der Waals surface area contributed by atoms with Gasteiger partial charge in [0.2, 0.25) is 0 Å². The van der Waals surface area contributed by atoms with Crippen molar-refractivity contribution in [3.63, 3.8) is 0 Å². The average Bonchev–Trinajstić information content (AvgIpc) is 2.38. The topological polar surface area (TPSA) is 38.3 Å². The van der Waals surface area contributed by atoms with Crippen molar-refractivity contribution < 1.29 is 9.53 Å². The maximum atomic E-state index is 12.1. The fourth-order valence-electron chi connectivity index (χ4n) is 1.60. The molecule has 2 rings (SSSR count). The highest BCUT2D eigenvalue weighted by Gasteiger charge is 2.11. The molecule has 0 saturated heterocycles. The van der Waals surface area contributed by atoms with Crippen LogP contribution in [0.1, 0.15) is 10.4 Å². The highest BCUT2D eigenvalue weighted by Crippen LogP contribution is 2.19. The van der Waals surface area contributed by atoms with E-state index in [0.29, 0.717) is 11.3 Å². The summed E-state index contributed by atoms with van der Waals surface area (Å²) in [6.07, 6.45) is 0. The molecule has 0 atom stereocenters. The highest BCUT2D eigenvalue weighted by molar-refractivity contribution is 14.1. The molecule has 92 valence electrons. The molecule has 0 aliphatic rings. The Balaban J connectivity index is 2.22. The van der Waals surface area contributed by atoms with Crippen LogP contribution in [0.4, 0.5) is 5.69 Å². The van der Waals surface area contributed by atoms with Crippen LogP contribution in [-0.2, 0) is 0 Å². The third-order valence-corrected chi connectivity index (χ3v) is 3.11. The molecule has 1 amide bonds. The summed E-state index contributed by atoms with van der Waals surface area (Å²) in [5, 5.41) is 2.85. The Bertz CT molecular complexity index is 569. The van der Waals surface area contributed by atoms with Crippen molar-refractivity contribution in [2.75, 3.05) is 12.4 Å². The third kappa shape index (κ3) is 3.01. The van der Waals surface area contributed by atoms with Gasteiger partial charge in [0.15, 0.2) is 0 Å². The van der Waals surface area contributed by atoms with Crippen LogP contribution in [0.2, 0.25) is 0 Å². The van der Waals surface area contributed by atoms with Gasteiger partial charge in [0.05, 0.1) is 12.7 Å². The Morgan fingerprint density at radius 2 is 1.94 bits per heavy atom. The maximum absolute atomic E-state index is 12.1. The largest absolute Gasteiger partial charge is 0.496 e. The number of hydrogen-bond donors (Lipinski definition) is 1. The number of methoxy groups -OCH3 is 1. The van der Waals surface area contributed by atoms with Crippen molar-refractivity contribution in [3.8, 4) is 5.75 Å². The van der Waals surface area contributed by atoms with Gasteiger partial charge in [0, 0.05) is 9.26 Å². The van der Waals surface area contributed by atoms with E-state index in [4.69, 9.17) is 4.74 Å². The van der Waals surface area contributed by atoms with Gasteiger partial charge in [-0.25, -0.2) is 0 Å². The first-order valence-electron chi connectivity index (χ1n) is 5.40. The quantitative estimate of drug-likeness (QED) is 0.857. The summed E-state index contributed by atoms with van der Waals surface area (Å²) in [5.74, 6) is 0.398. The summed E-state index contributed by atoms with van der Waals surface area (Å²) in [6, 6.07) is 14.8. The normalized spacial score (nSPS) is 9.89. The molecular weight excluding hydrogens is 341 g/mol. The molecule has 0 heterocycles. The number of benzene rings is 2. The van der Waals surface area contributed by atoms with Gasteiger partial charge < -0.3 is 10.1 Å². The molecule has 0 radical (unpaired) electrons. The number of rotatable bonds is 3. The van der Waals surface area contributed by atoms with Gasteiger partial charge in [-0.1, -0.05) is 18.2 Å². The van der Waals surface area contributed by atoms with Crippen LogP contribution in [0.25, 0.3) is 0 Å². The van der Waals surface area contributed by atoms with Crippen LogP contribution in [0, 0.1) is 3.57 Å². The summed E-state index contributed by atoms with van der Waals surface area (Å²) in [5.41, 5.74) is 1.30. The van der Waals surface area contributed by atoms with E-state index in [9.17, 15) is 4.79 Å². The van der Waals surface area contributed by atoms with E-state index in [1.165, 1.54) is 0 Å². The second-order valence-electron chi connectivity index (χ2n) is 3.66. The minimum atomic E-state index is -0.172. The van der Waals surface area contributed by atoms with Crippen LogP contribution in [0.5, 0.6) is 5.75 Å². The Morgan fingerprint density at radius 3 is 2.67 bits per heavy atom. The fraction of sp³-hybridized carbons (Fsp3) is 0.0714. The Kier molecular flexibility index (Phi) is 4.19. The molecule has 1 N–H and O–H groups in total. The number of ether oxygens (including phenoxy) is 1. The lowest BCUT2D eigenvalue weighted by molar-refractivity contribution is 0.102. The van der Waals surface area contributed by atoms with Crippen molar-refractivity contribution in [1.82, 2.24) is 0 Å². The first kappa shape index (κ1) is 12.9. The maximum Gasteiger partial charge on any atom is 0.259 e. The van der Waals surface area contributed by atoms with Gasteiger partial charge in [-0.05, 0) is 52.9 Å². The molecule has 0 bridgehead atoms. The minimum Gasteiger partial charge on any atom is -0.496 e. The number of carbonyl (C=O) groups is 1. The number of nitrogens with one attached hydrogen (secondary N) is 1. The lowest BCUT2D eigenvalue weighted by Gasteiger charge is -2.09. The molecule has 0 spiro atoms. The second-order valence-corrected chi connectivity index (χ2v) is 4.91. The molecule has 2 aromatic rings. The van der Waals surface area contributed by atoms with Crippen molar-refractivity contribution in [2.24, 2.45) is 0 Å². The Hall–Kier alpha value is -1.56. The van der Waals surface area contributed by atoms with E-state index in [1.54, 1.807) is 19.2 Å². The predicted molar refractivity (Wildman–Crippen MR) is 80.1 cm³/mol. The summed E-state index contributed by atoms with van der Waals surface area (Å²) in [7, 11) is 1.55. The SMILES string of the molecule is COc1ccccc1C(=O)Nc1cccc(I)c1. The third-order valence-electron chi connectivity index (χ3n) is 2.43. The molecule has 4 heteroatoms. The Labute approximate surface area is 119 Å². The molecule has 3 nitrogen and oxygen atoms in total. The van der Waals surface area contributed by atoms with E-state index < -0.39 is 0 Å². The number of para-hydroxylation sites is 1. The molecule has 0 aromatic heterocycles. The van der Waals surface area contributed by atoms with Crippen LogP contribution in [0.15, 0.2) is 48.5 Å². The fourth-order valence-corrected chi connectivity index (χ4v) is 2.14. The standard InChI is InChI=1S/C14H12INO2/c1-18-13-8-3-2-7-12(13)14(17)16-11-6-4-5-10(15)9-11/h2-9H,1H3,(H,16,17). The summed E-state index contributed by atoms with van der Waals surface area (Å²) in [6.45, 7) is 0. The minimum absolute atomic E-state index is 0.172. The number of halogens is 1. The van der Waals surface area contributed by atoms with E-state index in [1.807, 2.05) is 36.4 Å². The number of amides is 1. The van der Waals surface area contributed by atoms with Crippen molar-refractivity contribution >= 4 is 34.2 Å². The first-order chi connectivity index (χ1) is 8.70. The van der Waals surface area contributed by atoms with Gasteiger partial charge in [-0.15, -0.1) is 0 Å². The average molecular weight is 353 g/mol. The molecule has 0 unspecified atom stereocenters. The Morgan fingerprint density at radius 1 is 1.17 bits per heavy atom. The second kappa shape index (κ2) is 5.86. The molecular formula is C14H12INO2. The molecule has 0 saturated carbocycles. The lowest BCUT2D eigenvalue weighted by Crippen LogP contribution is -2.13. The lowest BCUT2D eigenvalue weighted by atomic mass is 10.2. The van der Waals surface area contributed by atoms with Crippen LogP contribution >= 0.6 is 22.6 Å². The van der Waals surface area contributed by atoms with E-state index in [0.717, 1.165) is 9.26 Å². The summed E-state index contributed by atoms with van der Waals surface area (Å²) >= 11 is 2.20. The van der Waals surface area contributed by atoms with Crippen LogP contribution in [-0.4, -0.2) is 13.0 Å². The summed E-state index contributed by atoms with van der Waals surface area (Å²) < 4.78 is 6.24. The van der Waals surface area contributed by atoms with Crippen molar-refractivity contribution in [3.05, 3.63) is 57.7 Å². The zero-order valence-electron chi connectivity index (χ0n) is 9.81. The first-order valence-corrected chi connectivity index (χ1v) is 6.48. The number of carbonyl (C=O) groups excluding carboxylic acids is 1. The van der Waals surface area contributed by atoms with Crippen LogP contribution < -0.4 is 10.1 Å². The van der Waals surface area contributed by atoms with E-state index in [-0.39, 0.29) is 5.91 Å². The monoisotopic (exact) mass is 353 g/mol. The molecule has 0 aliphatic carbocycles. The van der Waals surface area contributed by atoms with Crippen molar-refractivity contribution in [2.45, 2.75) is 0 Å².